The molecule has 19 heteroatoms. The molecule has 4 heterocycles. The molecule has 0 radical (unpaired) electrons. The molecule has 3 aromatic carbocycles. The van der Waals surface area contributed by atoms with Crippen LogP contribution in [0, 0.1) is 34.9 Å². The maximum atomic E-state index is 15.1. The monoisotopic (exact) mass is 1110 g/mol. The molecule has 6 aliphatic rings. The summed E-state index contributed by atoms with van der Waals surface area (Å²) in [6, 6.07) is 15.9. The van der Waals surface area contributed by atoms with E-state index in [1.165, 1.54) is 18.2 Å². The van der Waals surface area contributed by atoms with Crippen LogP contribution in [0.4, 0.5) is 4.39 Å². The predicted octanol–water partition coefficient (Wildman–Crippen LogP) is 4.90. The highest BCUT2D eigenvalue weighted by atomic mass is 19.1. The van der Waals surface area contributed by atoms with Crippen LogP contribution in [-0.2, 0) is 32.1 Å². The Morgan fingerprint density at radius 3 is 2.17 bits per heavy atom. The molecule has 18 nitrogen and oxygen atoms in total. The average molecular weight is 1110 g/mol. The molecule has 6 amide bonds. The molecule has 3 aromatic rings. The molecule has 1 saturated carbocycles. The largest absolute Gasteiger partial charge is 0.497 e. The molecule has 0 bridgehead atoms. The molecule has 2 unspecified atom stereocenters. The van der Waals surface area contributed by atoms with Crippen LogP contribution < -0.4 is 25.8 Å². The Hall–Kier alpha value is -6.96. The Morgan fingerprint density at radius 1 is 0.765 bits per heavy atom. The summed E-state index contributed by atoms with van der Waals surface area (Å²) in [6.07, 6.45) is 13.9. The zero-order valence-corrected chi connectivity index (χ0v) is 47.2. The smallest absolute Gasteiger partial charge is 0.256 e. The van der Waals surface area contributed by atoms with Gasteiger partial charge in [0.05, 0.1) is 38.3 Å². The molecule has 0 aromatic heterocycles. The van der Waals surface area contributed by atoms with Gasteiger partial charge in [-0.05, 0) is 99.4 Å². The van der Waals surface area contributed by atoms with E-state index in [2.05, 4.69) is 38.7 Å². The summed E-state index contributed by atoms with van der Waals surface area (Å²) < 4.78 is 26.2. The van der Waals surface area contributed by atoms with Crippen molar-refractivity contribution in [2.75, 3.05) is 112 Å². The van der Waals surface area contributed by atoms with E-state index in [-0.39, 0.29) is 84.3 Å². The first-order valence-corrected chi connectivity index (χ1v) is 29.3. The maximum Gasteiger partial charge on any atom is 0.256 e. The third kappa shape index (κ3) is 14.9. The average Bonchev–Trinajstić information content (AvgIpc) is 3.48. The van der Waals surface area contributed by atoms with Gasteiger partial charge in [-0.3, -0.25) is 38.6 Å². The number of likely N-dealkylation sites (tertiary alicyclic amines) is 2. The first-order chi connectivity index (χ1) is 39.2. The minimum Gasteiger partial charge on any atom is -0.497 e. The van der Waals surface area contributed by atoms with E-state index in [9.17, 15) is 28.8 Å². The molecule has 5 N–H and O–H groups in total. The number of ether oxygens (including phenoxy) is 2. The third-order valence-corrected chi connectivity index (χ3v) is 17.3. The van der Waals surface area contributed by atoms with Crippen LogP contribution in [0.25, 0.3) is 0 Å². The molecule has 4 aliphatic heterocycles. The van der Waals surface area contributed by atoms with Crippen molar-refractivity contribution in [2.45, 2.75) is 77.3 Å². The zero-order valence-electron chi connectivity index (χ0n) is 47.2. The van der Waals surface area contributed by atoms with Gasteiger partial charge in [-0.25, -0.2) is 4.39 Å². The van der Waals surface area contributed by atoms with Gasteiger partial charge in [-0.15, -0.1) is 0 Å². The lowest BCUT2D eigenvalue weighted by Gasteiger charge is -2.41. The number of piperidine rings is 1. The number of hydrogen-bond acceptors (Lipinski definition) is 12. The lowest BCUT2D eigenvalue weighted by Crippen LogP contribution is -2.58. The number of primary amides is 1. The number of benzene rings is 3. The SMILES string of the molecule is CCOc1cc(OC)ccc1CNCC(=O)N1CC(C2=CC(C(=O)NC(C(=O)N3CCN(CC4CCN(CC(=O)N5CCN(C(=O)c6cc(CC(=N)c7ccccc7C(N)=O)ccc6F)CC5)CC4)CC3)C3CCCCC3)CC=C2)C1. The van der Waals surface area contributed by atoms with Crippen molar-refractivity contribution in [3.63, 3.8) is 0 Å². The van der Waals surface area contributed by atoms with Gasteiger partial charge in [-0.2, -0.15) is 0 Å². The second-order valence-corrected chi connectivity index (χ2v) is 22.7. The van der Waals surface area contributed by atoms with Crippen LogP contribution in [0.15, 0.2) is 84.5 Å². The topological polar surface area (TPSA) is 214 Å². The number of hydrogen-bond donors (Lipinski definition) is 4. The molecular weight excluding hydrogens is 1030 g/mol. The summed E-state index contributed by atoms with van der Waals surface area (Å²) in [4.78, 5) is 92.6. The summed E-state index contributed by atoms with van der Waals surface area (Å²) in [7, 11) is 1.62. The third-order valence-electron chi connectivity index (χ3n) is 17.3. The number of nitrogens with two attached hydrogens (primary N) is 1. The van der Waals surface area contributed by atoms with Gasteiger partial charge in [0.25, 0.3) is 5.91 Å². The Bertz CT molecular complexity index is 2820. The molecule has 9 rings (SSSR count). The first kappa shape index (κ1) is 58.7. The van der Waals surface area contributed by atoms with Gasteiger partial charge in [-0.1, -0.05) is 67.8 Å². The fourth-order valence-corrected chi connectivity index (χ4v) is 12.4. The highest BCUT2D eigenvalue weighted by Crippen LogP contribution is 2.32. The van der Waals surface area contributed by atoms with E-state index in [4.69, 9.17) is 20.6 Å². The van der Waals surface area contributed by atoms with Crippen molar-refractivity contribution in [3.8, 4) is 11.5 Å². The molecule has 434 valence electrons. The van der Waals surface area contributed by atoms with Crippen molar-refractivity contribution in [3.05, 3.63) is 118 Å². The summed E-state index contributed by atoms with van der Waals surface area (Å²) >= 11 is 0. The molecule has 2 aliphatic carbocycles. The maximum absolute atomic E-state index is 15.1. The first-order valence-electron chi connectivity index (χ1n) is 29.3. The number of allylic oxidation sites excluding steroid dienone is 2. The highest BCUT2D eigenvalue weighted by Gasteiger charge is 2.39. The Kier molecular flexibility index (Phi) is 20.0. The summed E-state index contributed by atoms with van der Waals surface area (Å²) in [5.41, 5.74) is 8.73. The summed E-state index contributed by atoms with van der Waals surface area (Å²) in [5.74, 6) is 0.000790. The van der Waals surface area contributed by atoms with Gasteiger partial charge < -0.3 is 50.8 Å². The van der Waals surface area contributed by atoms with Crippen molar-refractivity contribution in [2.24, 2.45) is 29.4 Å². The number of amides is 6. The van der Waals surface area contributed by atoms with Crippen LogP contribution in [0.5, 0.6) is 11.5 Å². The number of nitrogens with one attached hydrogen (secondary N) is 3. The molecule has 2 atom stereocenters. The number of nitrogens with zero attached hydrogens (tertiary/aromatic N) is 6. The van der Waals surface area contributed by atoms with Crippen LogP contribution in [0.2, 0.25) is 0 Å². The number of methoxy groups -OCH3 is 1. The Morgan fingerprint density at radius 2 is 1.47 bits per heavy atom. The minimum atomic E-state index is -0.659. The van der Waals surface area contributed by atoms with E-state index < -0.39 is 23.7 Å². The number of piperazine rings is 2. The van der Waals surface area contributed by atoms with Crippen molar-refractivity contribution in [1.29, 1.82) is 5.41 Å². The molecule has 0 spiro atoms. The Labute approximate surface area is 475 Å². The lowest BCUT2D eigenvalue weighted by atomic mass is 9.82. The van der Waals surface area contributed by atoms with Crippen LogP contribution in [0.1, 0.15) is 95.7 Å². The summed E-state index contributed by atoms with van der Waals surface area (Å²) in [6.45, 7) is 11.2. The van der Waals surface area contributed by atoms with Crippen molar-refractivity contribution in [1.82, 2.24) is 40.0 Å². The van der Waals surface area contributed by atoms with Gasteiger partial charge in [0.15, 0.2) is 0 Å². The summed E-state index contributed by atoms with van der Waals surface area (Å²) in [5, 5.41) is 15.2. The van der Waals surface area contributed by atoms with Crippen molar-refractivity contribution < 1.29 is 42.6 Å². The van der Waals surface area contributed by atoms with Crippen LogP contribution >= 0.6 is 0 Å². The van der Waals surface area contributed by atoms with Crippen LogP contribution in [-0.4, -0.2) is 188 Å². The second kappa shape index (κ2) is 27.7. The Balaban J connectivity index is 0.680. The highest BCUT2D eigenvalue weighted by molar-refractivity contribution is 6.09. The van der Waals surface area contributed by atoms with Gasteiger partial charge in [0.2, 0.25) is 29.5 Å². The standard InChI is InChI=1S/C62H81FN10O8/c1-3-81-55-35-49(80-2)18-17-47(55)36-66-37-56(74)73-39-48(40-73)45-12-9-13-46(34-45)60(77)67-58(44-10-5-4-6-11-44)62(79)72-26-24-69(25-27-72)38-42-20-22-68(23-21-42)41-57(75)70-28-30-71(31-29-70)61(78)52-32-43(16-19-53(52)63)33-54(64)50-14-7-8-15-51(50)59(65)76/h7-9,12,14-19,32,34-35,42,44,46,48,58,64,66H,3-6,10-11,13,20-31,33,36-41H2,1-2H3,(H2,65,76)(H,67,77). The van der Waals surface area contributed by atoms with Gasteiger partial charge in [0.1, 0.15) is 23.4 Å². The van der Waals surface area contributed by atoms with E-state index in [0.717, 1.165) is 94.6 Å². The van der Waals surface area contributed by atoms with E-state index in [0.29, 0.717) is 88.2 Å². The second-order valence-electron chi connectivity index (χ2n) is 22.7. The zero-order chi connectivity index (χ0) is 57.0. The molecule has 4 saturated heterocycles. The predicted molar refractivity (Wildman–Crippen MR) is 306 cm³/mol. The number of rotatable bonds is 21. The molecule has 5 fully saturated rings. The number of carbonyl (C=O) groups is 6. The van der Waals surface area contributed by atoms with E-state index in [1.807, 2.05) is 34.9 Å². The fourth-order valence-electron chi connectivity index (χ4n) is 12.4. The minimum absolute atomic E-state index is 0.0164. The molecule has 81 heavy (non-hydrogen) atoms. The van der Waals surface area contributed by atoms with E-state index in [1.54, 1.807) is 41.2 Å². The number of halogens is 1. The quantitative estimate of drug-likeness (QED) is 0.105. The normalized spacial score (nSPS) is 20.0. The number of carbonyl (C=O) groups excluding carboxylic acids is 6. The lowest BCUT2D eigenvalue weighted by molar-refractivity contribution is -0.140. The van der Waals surface area contributed by atoms with Gasteiger partial charge >= 0.3 is 0 Å². The van der Waals surface area contributed by atoms with Gasteiger partial charge in [0, 0.05) is 119 Å². The van der Waals surface area contributed by atoms with Crippen LogP contribution in [0.3, 0.4) is 0 Å². The molecular formula is C62H81FN10O8. The fraction of sp³-hybridized carbons (Fsp3) is 0.532. The van der Waals surface area contributed by atoms with E-state index >= 15 is 4.39 Å². The van der Waals surface area contributed by atoms with Crippen molar-refractivity contribution >= 4 is 41.2 Å².